The predicted molar refractivity (Wildman–Crippen MR) is 83.5 cm³/mol. The van der Waals surface area contributed by atoms with E-state index in [1.165, 1.54) is 4.90 Å². The Balaban J connectivity index is 2.04. The number of nitrogens with zero attached hydrogens (tertiary/aromatic N) is 2. The van der Waals surface area contributed by atoms with Gasteiger partial charge in [-0.15, -0.1) is 0 Å². The Labute approximate surface area is 128 Å². The van der Waals surface area contributed by atoms with E-state index in [4.69, 9.17) is 5.11 Å². The number of carboxylic acid groups (broad SMARTS) is 1. The molecule has 0 aliphatic carbocycles. The lowest BCUT2D eigenvalue weighted by Gasteiger charge is -2.20. The van der Waals surface area contributed by atoms with Gasteiger partial charge in [0.25, 0.3) is 0 Å². The summed E-state index contributed by atoms with van der Waals surface area (Å²) in [7, 11) is 1.61. The third-order valence-corrected chi connectivity index (χ3v) is 3.41. The van der Waals surface area contributed by atoms with Crippen LogP contribution in [-0.4, -0.2) is 40.1 Å². The molecule has 116 valence electrons. The molecule has 1 atom stereocenters. The lowest BCUT2D eigenvalue weighted by atomic mass is 10.2. The van der Waals surface area contributed by atoms with Crippen LogP contribution in [0, 0.1) is 0 Å². The zero-order chi connectivity index (χ0) is 16.1. The molecule has 1 heterocycles. The third kappa shape index (κ3) is 3.72. The molecule has 0 aliphatic heterocycles. The number of carbonyl (C=O) groups is 2. The van der Waals surface area contributed by atoms with Crippen molar-refractivity contribution < 1.29 is 14.7 Å². The number of nitrogens with one attached hydrogen (secondary N) is 1. The molecule has 0 radical (unpaired) electrons. The van der Waals surface area contributed by atoms with Crippen molar-refractivity contribution in [1.29, 1.82) is 0 Å². The second-order valence-electron chi connectivity index (χ2n) is 5.10. The Morgan fingerprint density at radius 1 is 1.27 bits per heavy atom. The maximum Gasteiger partial charge on any atom is 0.326 e. The van der Waals surface area contributed by atoms with Gasteiger partial charge in [-0.3, -0.25) is 4.98 Å². The highest BCUT2D eigenvalue weighted by atomic mass is 16.4. The number of carbonyl (C=O) groups excluding carboxylic acids is 1. The van der Waals surface area contributed by atoms with E-state index in [0.717, 1.165) is 16.6 Å². The molecule has 2 amide bonds. The summed E-state index contributed by atoms with van der Waals surface area (Å²) in [5.74, 6) is -1.03. The summed E-state index contributed by atoms with van der Waals surface area (Å²) in [6, 6.07) is 10.3. The van der Waals surface area contributed by atoms with E-state index >= 15 is 0 Å². The zero-order valence-corrected chi connectivity index (χ0v) is 12.6. The van der Waals surface area contributed by atoms with Crippen LogP contribution in [-0.2, 0) is 11.3 Å². The SMILES string of the molecule is CCC(NC(=O)N(C)Cc1ccc2ccccc2n1)C(=O)O. The Kier molecular flexibility index (Phi) is 4.93. The van der Waals surface area contributed by atoms with Crippen LogP contribution in [0.3, 0.4) is 0 Å². The monoisotopic (exact) mass is 301 g/mol. The van der Waals surface area contributed by atoms with Crippen LogP contribution in [0.15, 0.2) is 36.4 Å². The van der Waals surface area contributed by atoms with Gasteiger partial charge in [0.2, 0.25) is 0 Å². The number of aromatic nitrogens is 1. The van der Waals surface area contributed by atoms with Gasteiger partial charge in [-0.2, -0.15) is 0 Å². The number of fused-ring (bicyclic) bond motifs is 1. The van der Waals surface area contributed by atoms with Crippen molar-refractivity contribution in [2.75, 3.05) is 7.05 Å². The molecule has 1 aromatic carbocycles. The van der Waals surface area contributed by atoms with Crippen molar-refractivity contribution in [3.8, 4) is 0 Å². The van der Waals surface area contributed by atoms with Crippen molar-refractivity contribution >= 4 is 22.9 Å². The summed E-state index contributed by atoms with van der Waals surface area (Å²) in [6.45, 7) is 2.02. The number of aliphatic carboxylic acids is 1. The van der Waals surface area contributed by atoms with Gasteiger partial charge in [-0.05, 0) is 18.6 Å². The Bertz CT molecular complexity index is 687. The van der Waals surface area contributed by atoms with E-state index < -0.39 is 18.0 Å². The maximum atomic E-state index is 12.0. The van der Waals surface area contributed by atoms with Crippen LogP contribution < -0.4 is 5.32 Å². The lowest BCUT2D eigenvalue weighted by molar-refractivity contribution is -0.139. The fourth-order valence-electron chi connectivity index (χ4n) is 2.11. The molecule has 0 bridgehead atoms. The van der Waals surface area contributed by atoms with Gasteiger partial charge in [0.05, 0.1) is 17.8 Å². The molecule has 22 heavy (non-hydrogen) atoms. The number of hydrogen-bond donors (Lipinski definition) is 2. The Morgan fingerprint density at radius 2 is 2.00 bits per heavy atom. The second kappa shape index (κ2) is 6.89. The predicted octanol–water partition coefficient (Wildman–Crippen LogP) is 2.24. The summed E-state index contributed by atoms with van der Waals surface area (Å²) < 4.78 is 0. The fourth-order valence-corrected chi connectivity index (χ4v) is 2.11. The molecule has 2 aromatic rings. The molecular formula is C16H19N3O3. The van der Waals surface area contributed by atoms with E-state index in [1.54, 1.807) is 14.0 Å². The quantitative estimate of drug-likeness (QED) is 0.887. The average molecular weight is 301 g/mol. The summed E-state index contributed by atoms with van der Waals surface area (Å²) in [5.41, 5.74) is 1.62. The van der Waals surface area contributed by atoms with E-state index in [-0.39, 0.29) is 0 Å². The average Bonchev–Trinajstić information content (AvgIpc) is 2.51. The Hall–Kier alpha value is -2.63. The maximum absolute atomic E-state index is 12.0. The van der Waals surface area contributed by atoms with Gasteiger partial charge in [-0.1, -0.05) is 31.2 Å². The minimum atomic E-state index is -1.03. The van der Waals surface area contributed by atoms with Crippen LogP contribution in [0.2, 0.25) is 0 Å². The van der Waals surface area contributed by atoms with Crippen molar-refractivity contribution in [1.82, 2.24) is 15.2 Å². The number of hydrogen-bond acceptors (Lipinski definition) is 3. The van der Waals surface area contributed by atoms with Crippen molar-refractivity contribution in [2.24, 2.45) is 0 Å². The van der Waals surface area contributed by atoms with Crippen LogP contribution >= 0.6 is 0 Å². The van der Waals surface area contributed by atoms with Crippen LogP contribution in [0.1, 0.15) is 19.0 Å². The van der Waals surface area contributed by atoms with Crippen LogP contribution in [0.25, 0.3) is 10.9 Å². The molecule has 2 rings (SSSR count). The third-order valence-electron chi connectivity index (χ3n) is 3.41. The van der Waals surface area contributed by atoms with Crippen molar-refractivity contribution in [3.63, 3.8) is 0 Å². The highest BCUT2D eigenvalue weighted by molar-refractivity contribution is 5.82. The minimum absolute atomic E-state index is 0.312. The number of carboxylic acids is 1. The highest BCUT2D eigenvalue weighted by Gasteiger charge is 2.19. The first-order valence-corrected chi connectivity index (χ1v) is 7.10. The van der Waals surface area contributed by atoms with Gasteiger partial charge in [0, 0.05) is 12.4 Å². The standard InChI is InChI=1S/C16H19N3O3/c1-3-13(15(20)21)18-16(22)19(2)10-12-9-8-11-6-4-5-7-14(11)17-12/h4-9,13H,3,10H2,1-2H3,(H,18,22)(H,20,21). The number of amides is 2. The molecule has 0 saturated carbocycles. The number of rotatable bonds is 5. The molecule has 1 unspecified atom stereocenters. The lowest BCUT2D eigenvalue weighted by Crippen LogP contribution is -2.46. The van der Waals surface area contributed by atoms with Crippen LogP contribution in [0.4, 0.5) is 4.79 Å². The summed E-state index contributed by atoms with van der Waals surface area (Å²) in [5, 5.41) is 12.5. The van der Waals surface area contributed by atoms with E-state index in [0.29, 0.717) is 13.0 Å². The Morgan fingerprint density at radius 3 is 2.68 bits per heavy atom. The molecule has 2 N–H and O–H groups in total. The first-order chi connectivity index (χ1) is 10.5. The molecular weight excluding hydrogens is 282 g/mol. The molecule has 6 heteroatoms. The van der Waals surface area contributed by atoms with E-state index in [1.807, 2.05) is 36.4 Å². The normalized spacial score (nSPS) is 11.9. The van der Waals surface area contributed by atoms with Crippen molar-refractivity contribution in [2.45, 2.75) is 25.9 Å². The van der Waals surface area contributed by atoms with Crippen LogP contribution in [0.5, 0.6) is 0 Å². The number of pyridine rings is 1. The fraction of sp³-hybridized carbons (Fsp3) is 0.312. The van der Waals surface area contributed by atoms with Crippen molar-refractivity contribution in [3.05, 3.63) is 42.1 Å². The first-order valence-electron chi connectivity index (χ1n) is 7.10. The summed E-state index contributed by atoms with van der Waals surface area (Å²) in [6.07, 6.45) is 0.336. The number of para-hydroxylation sites is 1. The molecule has 6 nitrogen and oxygen atoms in total. The first kappa shape index (κ1) is 15.8. The smallest absolute Gasteiger partial charge is 0.326 e. The molecule has 0 saturated heterocycles. The largest absolute Gasteiger partial charge is 0.480 e. The van der Waals surface area contributed by atoms with Gasteiger partial charge < -0.3 is 15.3 Å². The van der Waals surface area contributed by atoms with Gasteiger partial charge in [0.15, 0.2) is 0 Å². The molecule has 0 aliphatic rings. The van der Waals surface area contributed by atoms with Gasteiger partial charge in [-0.25, -0.2) is 9.59 Å². The molecule has 0 spiro atoms. The zero-order valence-electron chi connectivity index (χ0n) is 12.6. The number of benzene rings is 1. The summed E-state index contributed by atoms with van der Waals surface area (Å²) >= 11 is 0. The highest BCUT2D eigenvalue weighted by Crippen LogP contribution is 2.12. The van der Waals surface area contributed by atoms with Gasteiger partial charge >= 0.3 is 12.0 Å². The van der Waals surface area contributed by atoms with E-state index in [2.05, 4.69) is 10.3 Å². The topological polar surface area (TPSA) is 82.5 Å². The summed E-state index contributed by atoms with van der Waals surface area (Å²) in [4.78, 5) is 28.9. The second-order valence-corrected chi connectivity index (χ2v) is 5.10. The van der Waals surface area contributed by atoms with Gasteiger partial charge in [0.1, 0.15) is 6.04 Å². The molecule has 0 fully saturated rings. The minimum Gasteiger partial charge on any atom is -0.480 e. The molecule has 1 aromatic heterocycles. The van der Waals surface area contributed by atoms with E-state index in [9.17, 15) is 9.59 Å². The number of urea groups is 1.